The van der Waals surface area contributed by atoms with Gasteiger partial charge in [0.2, 0.25) is 0 Å². The molecule has 0 bridgehead atoms. The highest BCUT2D eigenvalue weighted by Gasteiger charge is 2.16. The molecule has 2 heterocycles. The number of nitrogens with one attached hydrogen (secondary N) is 1. The Morgan fingerprint density at radius 2 is 2.17 bits per heavy atom. The van der Waals surface area contributed by atoms with Crippen LogP contribution in [-0.2, 0) is 9.47 Å². The van der Waals surface area contributed by atoms with Crippen LogP contribution in [-0.4, -0.2) is 40.3 Å². The van der Waals surface area contributed by atoms with E-state index in [1.54, 1.807) is 30.8 Å². The number of carbonyl (C=O) groups is 1. The maximum Gasteiger partial charge on any atom is 0.343 e. The molecule has 124 valence electrons. The molecule has 0 radical (unpaired) electrons. The Balaban J connectivity index is 2.29. The van der Waals surface area contributed by atoms with Crippen molar-refractivity contribution in [2.24, 2.45) is 0 Å². The van der Waals surface area contributed by atoms with Crippen LogP contribution < -0.4 is 5.32 Å². The number of esters is 1. The number of aromatic nitrogens is 3. The van der Waals surface area contributed by atoms with Gasteiger partial charge in [0.05, 0.1) is 25.7 Å². The van der Waals surface area contributed by atoms with Gasteiger partial charge in [-0.15, -0.1) is 0 Å². The summed E-state index contributed by atoms with van der Waals surface area (Å²) in [6, 6.07) is 1.85. The number of hydrogen-bond acceptors (Lipinski definition) is 6. The SMILES string of the molecule is CCOC(=O)c1cnn2ccc(N[C@H](C)/C(C)=C(/C)OC)nc12. The minimum Gasteiger partial charge on any atom is -0.501 e. The molecule has 0 aliphatic heterocycles. The van der Waals surface area contributed by atoms with Gasteiger partial charge in [0.1, 0.15) is 11.4 Å². The fraction of sp³-hybridized carbons (Fsp3) is 0.438. The van der Waals surface area contributed by atoms with E-state index in [0.29, 0.717) is 23.6 Å². The molecule has 23 heavy (non-hydrogen) atoms. The van der Waals surface area contributed by atoms with Crippen LogP contribution in [0.2, 0.25) is 0 Å². The third-order valence-corrected chi connectivity index (χ3v) is 3.74. The molecule has 0 fully saturated rings. The van der Waals surface area contributed by atoms with E-state index >= 15 is 0 Å². The molecule has 7 nitrogen and oxygen atoms in total. The molecule has 0 aliphatic carbocycles. The van der Waals surface area contributed by atoms with Crippen LogP contribution in [0.3, 0.4) is 0 Å². The topological polar surface area (TPSA) is 77.8 Å². The number of allylic oxidation sites excluding steroid dienone is 1. The van der Waals surface area contributed by atoms with E-state index in [1.807, 2.05) is 20.8 Å². The second-order valence-corrected chi connectivity index (χ2v) is 5.17. The van der Waals surface area contributed by atoms with E-state index in [2.05, 4.69) is 15.4 Å². The number of carbonyl (C=O) groups excluding carboxylic acids is 1. The Kier molecular flexibility index (Phi) is 5.20. The van der Waals surface area contributed by atoms with E-state index < -0.39 is 5.97 Å². The van der Waals surface area contributed by atoms with E-state index in [4.69, 9.17) is 9.47 Å². The number of methoxy groups -OCH3 is 1. The molecule has 0 saturated carbocycles. The summed E-state index contributed by atoms with van der Waals surface area (Å²) in [4.78, 5) is 16.4. The molecule has 0 saturated heterocycles. The first kappa shape index (κ1) is 16.8. The number of nitrogens with zero attached hydrogens (tertiary/aromatic N) is 3. The largest absolute Gasteiger partial charge is 0.501 e. The fourth-order valence-electron chi connectivity index (χ4n) is 2.10. The molecule has 0 unspecified atom stereocenters. The highest BCUT2D eigenvalue weighted by Crippen LogP contribution is 2.16. The van der Waals surface area contributed by atoms with Crippen molar-refractivity contribution >= 4 is 17.4 Å². The van der Waals surface area contributed by atoms with Crippen molar-refractivity contribution in [1.29, 1.82) is 0 Å². The van der Waals surface area contributed by atoms with Gasteiger partial charge in [-0.2, -0.15) is 5.10 Å². The first-order chi connectivity index (χ1) is 11.0. The van der Waals surface area contributed by atoms with Crippen LogP contribution in [0.1, 0.15) is 38.1 Å². The predicted molar refractivity (Wildman–Crippen MR) is 87.4 cm³/mol. The molecule has 0 aliphatic rings. The second-order valence-electron chi connectivity index (χ2n) is 5.17. The van der Waals surface area contributed by atoms with Crippen molar-refractivity contribution in [2.75, 3.05) is 19.0 Å². The second kappa shape index (κ2) is 7.13. The smallest absolute Gasteiger partial charge is 0.343 e. The Morgan fingerprint density at radius 1 is 1.43 bits per heavy atom. The third kappa shape index (κ3) is 3.61. The predicted octanol–water partition coefficient (Wildman–Crippen LogP) is 2.65. The van der Waals surface area contributed by atoms with Crippen molar-refractivity contribution in [3.8, 4) is 0 Å². The quantitative estimate of drug-likeness (QED) is 0.652. The monoisotopic (exact) mass is 318 g/mol. The first-order valence-electron chi connectivity index (χ1n) is 7.47. The van der Waals surface area contributed by atoms with Gasteiger partial charge in [-0.05, 0) is 39.3 Å². The molecule has 2 aromatic heterocycles. The van der Waals surface area contributed by atoms with Crippen LogP contribution in [0.25, 0.3) is 5.65 Å². The minimum atomic E-state index is -0.425. The summed E-state index contributed by atoms with van der Waals surface area (Å²) >= 11 is 0. The Bertz CT molecular complexity index is 736. The summed E-state index contributed by atoms with van der Waals surface area (Å²) in [6.45, 7) is 8.01. The zero-order valence-electron chi connectivity index (χ0n) is 14.1. The molecule has 0 spiro atoms. The minimum absolute atomic E-state index is 0.0406. The summed E-state index contributed by atoms with van der Waals surface area (Å²) in [7, 11) is 1.65. The van der Waals surface area contributed by atoms with E-state index in [1.165, 1.54) is 6.20 Å². The number of anilines is 1. The van der Waals surface area contributed by atoms with Crippen molar-refractivity contribution in [3.63, 3.8) is 0 Å². The lowest BCUT2D eigenvalue weighted by Crippen LogP contribution is -2.19. The summed E-state index contributed by atoms with van der Waals surface area (Å²) in [6.07, 6.45) is 3.22. The van der Waals surface area contributed by atoms with Crippen molar-refractivity contribution in [3.05, 3.63) is 35.4 Å². The van der Waals surface area contributed by atoms with Gasteiger partial charge >= 0.3 is 5.97 Å². The van der Waals surface area contributed by atoms with Crippen molar-refractivity contribution < 1.29 is 14.3 Å². The summed E-state index contributed by atoms with van der Waals surface area (Å²) in [5.74, 6) is 1.09. The fourth-order valence-corrected chi connectivity index (χ4v) is 2.10. The van der Waals surface area contributed by atoms with Gasteiger partial charge in [-0.25, -0.2) is 14.3 Å². The number of hydrogen-bond donors (Lipinski definition) is 1. The number of rotatable bonds is 6. The van der Waals surface area contributed by atoms with Gasteiger partial charge in [-0.3, -0.25) is 0 Å². The van der Waals surface area contributed by atoms with Crippen molar-refractivity contribution in [1.82, 2.24) is 14.6 Å². The van der Waals surface area contributed by atoms with Gasteiger partial charge < -0.3 is 14.8 Å². The average Bonchev–Trinajstić information content (AvgIpc) is 2.96. The molecule has 0 aromatic carbocycles. The van der Waals surface area contributed by atoms with E-state index in [0.717, 1.165) is 11.3 Å². The molecular formula is C16H22N4O3. The average molecular weight is 318 g/mol. The van der Waals surface area contributed by atoms with Crippen LogP contribution in [0.5, 0.6) is 0 Å². The molecule has 1 N–H and O–H groups in total. The van der Waals surface area contributed by atoms with Gasteiger partial charge in [-0.1, -0.05) is 0 Å². The molecular weight excluding hydrogens is 296 g/mol. The van der Waals surface area contributed by atoms with Gasteiger partial charge in [0.15, 0.2) is 5.65 Å². The lowest BCUT2D eigenvalue weighted by atomic mass is 10.1. The Hall–Kier alpha value is -2.57. The van der Waals surface area contributed by atoms with Crippen LogP contribution in [0.15, 0.2) is 29.8 Å². The van der Waals surface area contributed by atoms with Crippen LogP contribution >= 0.6 is 0 Å². The van der Waals surface area contributed by atoms with Crippen LogP contribution in [0, 0.1) is 0 Å². The molecule has 2 rings (SSSR count). The maximum absolute atomic E-state index is 11.9. The Morgan fingerprint density at radius 3 is 2.83 bits per heavy atom. The van der Waals surface area contributed by atoms with Gasteiger partial charge in [0.25, 0.3) is 0 Å². The zero-order chi connectivity index (χ0) is 17.0. The molecule has 1 atom stereocenters. The lowest BCUT2D eigenvalue weighted by molar-refractivity contribution is 0.0528. The molecule has 2 aromatic rings. The summed E-state index contributed by atoms with van der Waals surface area (Å²) in [5.41, 5.74) is 1.89. The first-order valence-corrected chi connectivity index (χ1v) is 7.47. The summed E-state index contributed by atoms with van der Waals surface area (Å²) < 4.78 is 11.8. The van der Waals surface area contributed by atoms with E-state index in [-0.39, 0.29) is 6.04 Å². The van der Waals surface area contributed by atoms with Crippen LogP contribution in [0.4, 0.5) is 5.82 Å². The molecule has 0 amide bonds. The maximum atomic E-state index is 11.9. The standard InChI is InChI=1S/C16H22N4O3/c1-6-23-16(21)13-9-17-20-8-7-14(19-15(13)20)18-11(3)10(2)12(4)22-5/h7-9,11H,6H2,1-5H3,(H,18,19)/b12-10-/t11-/m1/s1. The zero-order valence-corrected chi connectivity index (χ0v) is 14.1. The van der Waals surface area contributed by atoms with Crippen molar-refractivity contribution in [2.45, 2.75) is 33.7 Å². The Labute approximate surface area is 135 Å². The highest BCUT2D eigenvalue weighted by atomic mass is 16.5. The van der Waals surface area contributed by atoms with E-state index in [9.17, 15) is 4.79 Å². The highest BCUT2D eigenvalue weighted by molar-refractivity contribution is 5.95. The number of ether oxygens (including phenoxy) is 2. The normalized spacial score (nSPS) is 13.4. The molecule has 7 heteroatoms. The summed E-state index contributed by atoms with van der Waals surface area (Å²) in [5, 5.41) is 7.41. The number of fused-ring (bicyclic) bond motifs is 1. The lowest BCUT2D eigenvalue weighted by Gasteiger charge is -2.17. The third-order valence-electron chi connectivity index (χ3n) is 3.74. The van der Waals surface area contributed by atoms with Gasteiger partial charge in [0, 0.05) is 12.2 Å².